The zero-order valence-corrected chi connectivity index (χ0v) is 12.0. The van der Waals surface area contributed by atoms with Gasteiger partial charge >= 0.3 is 5.97 Å². The van der Waals surface area contributed by atoms with Crippen LogP contribution in [0.4, 0.5) is 5.69 Å². The number of amides is 2. The molecule has 9 nitrogen and oxygen atoms in total. The number of carboxylic acid groups (broad SMARTS) is 1. The first-order valence-corrected chi connectivity index (χ1v) is 6.23. The number of nitrogens with zero attached hydrogens (tertiary/aromatic N) is 2. The molecule has 2 amide bonds. The van der Waals surface area contributed by atoms with E-state index in [1.54, 1.807) is 14.1 Å². The van der Waals surface area contributed by atoms with E-state index in [-0.39, 0.29) is 30.0 Å². The molecule has 118 valence electrons. The van der Waals surface area contributed by atoms with Crippen LogP contribution in [0.2, 0.25) is 0 Å². The first-order valence-electron chi connectivity index (χ1n) is 6.23. The quantitative estimate of drug-likeness (QED) is 0.581. The van der Waals surface area contributed by atoms with E-state index in [1.165, 1.54) is 4.90 Å². The second-order valence-corrected chi connectivity index (χ2v) is 4.62. The molecule has 0 aliphatic carbocycles. The van der Waals surface area contributed by atoms with Gasteiger partial charge in [0.1, 0.15) is 0 Å². The van der Waals surface area contributed by atoms with Crippen molar-refractivity contribution in [1.82, 2.24) is 10.2 Å². The summed E-state index contributed by atoms with van der Waals surface area (Å²) >= 11 is 0. The molecule has 0 atom stereocenters. The summed E-state index contributed by atoms with van der Waals surface area (Å²) in [7, 11) is 3.15. The number of nitro benzene ring substituents is 1. The number of rotatable bonds is 6. The van der Waals surface area contributed by atoms with Crippen LogP contribution < -0.4 is 5.32 Å². The van der Waals surface area contributed by atoms with Gasteiger partial charge in [-0.3, -0.25) is 19.7 Å². The fourth-order valence-corrected chi connectivity index (χ4v) is 1.58. The van der Waals surface area contributed by atoms with Gasteiger partial charge in [0, 0.05) is 44.8 Å². The third-order valence-electron chi connectivity index (χ3n) is 2.76. The van der Waals surface area contributed by atoms with Crippen LogP contribution in [0.25, 0.3) is 0 Å². The first-order chi connectivity index (χ1) is 10.2. The molecule has 0 heterocycles. The average Bonchev–Trinajstić information content (AvgIpc) is 2.46. The number of non-ortho nitro benzene ring substituents is 1. The highest BCUT2D eigenvalue weighted by Gasteiger charge is 2.17. The summed E-state index contributed by atoms with van der Waals surface area (Å²) in [6.45, 7) is 0.0426. The Morgan fingerprint density at radius 2 is 1.82 bits per heavy atom. The van der Waals surface area contributed by atoms with Crippen molar-refractivity contribution >= 4 is 23.5 Å². The first kappa shape index (κ1) is 17.1. The third-order valence-corrected chi connectivity index (χ3v) is 2.76. The molecular weight excluding hydrogens is 294 g/mol. The molecule has 0 saturated carbocycles. The van der Waals surface area contributed by atoms with Gasteiger partial charge in [0.2, 0.25) is 5.91 Å². The normalized spacial score (nSPS) is 9.91. The van der Waals surface area contributed by atoms with E-state index in [1.807, 2.05) is 0 Å². The lowest BCUT2D eigenvalue weighted by atomic mass is 10.1. The summed E-state index contributed by atoms with van der Waals surface area (Å²) in [6, 6.07) is 2.89. The number of carboxylic acids is 1. The second kappa shape index (κ2) is 7.16. The van der Waals surface area contributed by atoms with E-state index in [4.69, 9.17) is 5.11 Å². The smallest absolute Gasteiger partial charge is 0.335 e. The highest BCUT2D eigenvalue weighted by atomic mass is 16.6. The van der Waals surface area contributed by atoms with Crippen molar-refractivity contribution in [3.8, 4) is 0 Å². The molecular formula is C13H15N3O6. The monoisotopic (exact) mass is 309 g/mol. The second-order valence-electron chi connectivity index (χ2n) is 4.62. The van der Waals surface area contributed by atoms with Crippen molar-refractivity contribution in [3.05, 3.63) is 39.4 Å². The Balaban J connectivity index is 2.86. The van der Waals surface area contributed by atoms with Crippen LogP contribution in [-0.2, 0) is 4.79 Å². The molecule has 0 unspecified atom stereocenters. The van der Waals surface area contributed by atoms with Crippen LogP contribution in [0.5, 0.6) is 0 Å². The summed E-state index contributed by atoms with van der Waals surface area (Å²) in [6.07, 6.45) is 0.0689. The van der Waals surface area contributed by atoms with Crippen LogP contribution >= 0.6 is 0 Å². The predicted octanol–water partition coefficient (Wildman–Crippen LogP) is 0.501. The lowest BCUT2D eigenvalue weighted by Crippen LogP contribution is -2.30. The molecule has 0 radical (unpaired) electrons. The molecule has 2 N–H and O–H groups in total. The molecule has 1 aromatic rings. The van der Waals surface area contributed by atoms with Gasteiger partial charge in [0.15, 0.2) is 0 Å². The summed E-state index contributed by atoms with van der Waals surface area (Å²) in [5.74, 6) is -2.25. The van der Waals surface area contributed by atoms with Crippen molar-refractivity contribution in [2.24, 2.45) is 0 Å². The molecule has 0 bridgehead atoms. The number of benzene rings is 1. The maximum absolute atomic E-state index is 11.9. The van der Waals surface area contributed by atoms with Crippen molar-refractivity contribution in [1.29, 1.82) is 0 Å². The molecule has 0 aliphatic heterocycles. The maximum Gasteiger partial charge on any atom is 0.335 e. The summed E-state index contributed by atoms with van der Waals surface area (Å²) in [5, 5.41) is 22.1. The number of nitrogens with one attached hydrogen (secondary N) is 1. The third kappa shape index (κ3) is 4.54. The van der Waals surface area contributed by atoms with Gasteiger partial charge in [0.25, 0.3) is 11.6 Å². The van der Waals surface area contributed by atoms with Crippen molar-refractivity contribution in [3.63, 3.8) is 0 Å². The number of nitro groups is 1. The van der Waals surface area contributed by atoms with Gasteiger partial charge < -0.3 is 15.3 Å². The van der Waals surface area contributed by atoms with E-state index in [0.29, 0.717) is 0 Å². The number of carbonyl (C=O) groups excluding carboxylic acids is 2. The van der Waals surface area contributed by atoms with E-state index in [9.17, 15) is 24.5 Å². The molecule has 1 rings (SSSR count). The molecule has 0 saturated heterocycles. The average molecular weight is 309 g/mol. The molecule has 0 spiro atoms. The van der Waals surface area contributed by atoms with Gasteiger partial charge in [-0.05, 0) is 6.07 Å². The molecule has 0 fully saturated rings. The Morgan fingerprint density at radius 3 is 2.32 bits per heavy atom. The Kier molecular flexibility index (Phi) is 5.56. The lowest BCUT2D eigenvalue weighted by Gasteiger charge is -2.10. The maximum atomic E-state index is 11.9. The molecule has 22 heavy (non-hydrogen) atoms. The van der Waals surface area contributed by atoms with Crippen LogP contribution in [0.3, 0.4) is 0 Å². The lowest BCUT2D eigenvalue weighted by molar-refractivity contribution is -0.384. The van der Waals surface area contributed by atoms with E-state index in [2.05, 4.69) is 5.32 Å². The van der Waals surface area contributed by atoms with Crippen LogP contribution in [0.1, 0.15) is 27.1 Å². The van der Waals surface area contributed by atoms with Crippen LogP contribution in [-0.4, -0.2) is 53.4 Å². The molecule has 9 heteroatoms. The fourth-order valence-electron chi connectivity index (χ4n) is 1.58. The van der Waals surface area contributed by atoms with Crippen LogP contribution in [0, 0.1) is 10.1 Å². The van der Waals surface area contributed by atoms with Crippen molar-refractivity contribution in [2.45, 2.75) is 6.42 Å². The van der Waals surface area contributed by atoms with Crippen molar-refractivity contribution < 1.29 is 24.4 Å². The van der Waals surface area contributed by atoms with Gasteiger partial charge in [-0.25, -0.2) is 4.79 Å². The molecule has 0 aliphatic rings. The number of hydrogen-bond donors (Lipinski definition) is 2. The summed E-state index contributed by atoms with van der Waals surface area (Å²) in [4.78, 5) is 45.5. The number of carbonyl (C=O) groups is 3. The summed E-state index contributed by atoms with van der Waals surface area (Å²) < 4.78 is 0. The van der Waals surface area contributed by atoms with Gasteiger partial charge in [-0.2, -0.15) is 0 Å². The largest absolute Gasteiger partial charge is 0.478 e. The Morgan fingerprint density at radius 1 is 1.23 bits per heavy atom. The summed E-state index contributed by atoms with van der Waals surface area (Å²) in [5.41, 5.74) is -0.998. The number of hydrogen-bond acceptors (Lipinski definition) is 5. The van der Waals surface area contributed by atoms with E-state index < -0.39 is 22.5 Å². The topological polar surface area (TPSA) is 130 Å². The minimum atomic E-state index is -1.37. The minimum Gasteiger partial charge on any atom is -0.478 e. The van der Waals surface area contributed by atoms with Gasteiger partial charge in [-0.15, -0.1) is 0 Å². The highest BCUT2D eigenvalue weighted by molar-refractivity contribution is 5.98. The minimum absolute atomic E-state index is 0.0426. The molecule has 0 aromatic heterocycles. The van der Waals surface area contributed by atoms with Gasteiger partial charge in [-0.1, -0.05) is 0 Å². The predicted molar refractivity (Wildman–Crippen MR) is 75.7 cm³/mol. The SMILES string of the molecule is CN(C)C(=O)CCNC(=O)c1cc(C(=O)O)cc([N+](=O)[O-])c1. The Bertz CT molecular complexity index is 594. The van der Waals surface area contributed by atoms with Crippen molar-refractivity contribution in [2.75, 3.05) is 20.6 Å². The fraction of sp³-hybridized carbons (Fsp3) is 0.308. The van der Waals surface area contributed by atoms with Gasteiger partial charge in [0.05, 0.1) is 10.5 Å². The zero-order chi connectivity index (χ0) is 16.9. The molecule has 1 aromatic carbocycles. The van der Waals surface area contributed by atoms with E-state index in [0.717, 1.165) is 18.2 Å². The standard InChI is InChI=1S/C13H15N3O6/c1-15(2)11(17)3-4-14-12(18)8-5-9(13(19)20)7-10(6-8)16(21)22/h5-7H,3-4H2,1-2H3,(H,14,18)(H,19,20). The van der Waals surface area contributed by atoms with Crippen LogP contribution in [0.15, 0.2) is 18.2 Å². The zero-order valence-electron chi connectivity index (χ0n) is 12.0. The Labute approximate surface area is 125 Å². The number of aromatic carboxylic acids is 1. The van der Waals surface area contributed by atoms with E-state index >= 15 is 0 Å². The highest BCUT2D eigenvalue weighted by Crippen LogP contribution is 2.17. The Hall–Kier alpha value is -2.97.